The van der Waals surface area contributed by atoms with E-state index in [2.05, 4.69) is 0 Å². The minimum atomic E-state index is -4.40. The number of carbonyl (C=O) groups is 3. The molecule has 0 radical (unpaired) electrons. The second-order valence-corrected chi connectivity index (χ2v) is 9.12. The standard InChI is InChI=1S/C22H24F2O6/c1-29-18(27)20-8-13-7-14(9-20)11-21(10-13,12-20)19(28)30-16(22(23,24)17(25)26)15-5-3-2-4-6-15/h2-6,13-14,16H,7-12H2,1H3,(H,25,26)/p-1. The third-order valence-electron chi connectivity index (χ3n) is 7.04. The highest BCUT2D eigenvalue weighted by Crippen LogP contribution is 2.66. The molecule has 4 aliphatic carbocycles. The molecular weight excluding hydrogens is 398 g/mol. The molecule has 4 fully saturated rings. The Labute approximate surface area is 172 Å². The first-order valence-electron chi connectivity index (χ1n) is 10.1. The number of carboxylic acid groups (broad SMARTS) is 1. The predicted octanol–water partition coefficient (Wildman–Crippen LogP) is 2.42. The van der Waals surface area contributed by atoms with Gasteiger partial charge in [-0.05, 0) is 55.9 Å². The van der Waals surface area contributed by atoms with Gasteiger partial charge >= 0.3 is 17.9 Å². The largest absolute Gasteiger partial charge is 0.544 e. The van der Waals surface area contributed by atoms with Crippen LogP contribution < -0.4 is 5.11 Å². The number of hydrogen-bond donors (Lipinski definition) is 0. The van der Waals surface area contributed by atoms with Gasteiger partial charge in [-0.25, -0.2) is 0 Å². The number of benzene rings is 1. The number of esters is 2. The maximum atomic E-state index is 14.5. The van der Waals surface area contributed by atoms with E-state index >= 15 is 0 Å². The van der Waals surface area contributed by atoms with Crippen molar-refractivity contribution < 1.29 is 37.7 Å². The molecule has 4 saturated carbocycles. The van der Waals surface area contributed by atoms with E-state index in [1.54, 1.807) is 6.07 Å². The molecule has 8 heteroatoms. The van der Waals surface area contributed by atoms with Gasteiger partial charge in [-0.15, -0.1) is 0 Å². The zero-order valence-electron chi connectivity index (χ0n) is 16.6. The quantitative estimate of drug-likeness (QED) is 0.655. The number of halogens is 2. The van der Waals surface area contributed by atoms with Crippen LogP contribution in [0.1, 0.15) is 50.2 Å². The molecule has 1 aromatic carbocycles. The van der Waals surface area contributed by atoms with Crippen LogP contribution in [0.3, 0.4) is 0 Å². The molecule has 0 N–H and O–H groups in total. The summed E-state index contributed by atoms with van der Waals surface area (Å²) >= 11 is 0. The van der Waals surface area contributed by atoms with Crippen LogP contribution in [0.25, 0.3) is 0 Å². The Morgan fingerprint density at radius 2 is 1.57 bits per heavy atom. The maximum absolute atomic E-state index is 14.5. The Bertz CT molecular complexity index is 854. The first-order chi connectivity index (χ1) is 14.1. The lowest BCUT2D eigenvalue weighted by Gasteiger charge is -2.59. The number of methoxy groups -OCH3 is 1. The molecule has 30 heavy (non-hydrogen) atoms. The lowest BCUT2D eigenvalue weighted by Crippen LogP contribution is -2.58. The smallest absolute Gasteiger partial charge is 0.327 e. The van der Waals surface area contributed by atoms with Crippen molar-refractivity contribution in [1.29, 1.82) is 0 Å². The normalized spacial score (nSPS) is 33.0. The molecular formula is C22H23F2O6-. The molecule has 4 bridgehead atoms. The van der Waals surface area contributed by atoms with Crippen LogP contribution in [-0.4, -0.2) is 30.9 Å². The van der Waals surface area contributed by atoms with Gasteiger partial charge in [0.05, 0.1) is 17.9 Å². The van der Waals surface area contributed by atoms with Gasteiger partial charge in [0.15, 0.2) is 6.10 Å². The van der Waals surface area contributed by atoms with E-state index < -0.39 is 34.8 Å². The summed E-state index contributed by atoms with van der Waals surface area (Å²) in [5.74, 6) is -8.06. The average Bonchev–Trinajstić information content (AvgIpc) is 2.70. The van der Waals surface area contributed by atoms with Gasteiger partial charge in [-0.2, -0.15) is 8.78 Å². The molecule has 0 heterocycles. The summed E-state index contributed by atoms with van der Waals surface area (Å²) in [4.78, 5) is 37.0. The van der Waals surface area contributed by atoms with Gasteiger partial charge < -0.3 is 19.4 Å². The molecule has 0 spiro atoms. The number of rotatable bonds is 6. The van der Waals surface area contributed by atoms with E-state index in [1.165, 1.54) is 31.4 Å². The van der Waals surface area contributed by atoms with Crippen LogP contribution in [0.15, 0.2) is 30.3 Å². The van der Waals surface area contributed by atoms with Crippen molar-refractivity contribution in [3.63, 3.8) is 0 Å². The first-order valence-corrected chi connectivity index (χ1v) is 10.1. The topological polar surface area (TPSA) is 92.7 Å². The Morgan fingerprint density at radius 3 is 2.07 bits per heavy atom. The third-order valence-corrected chi connectivity index (χ3v) is 7.04. The molecule has 0 aliphatic heterocycles. The van der Waals surface area contributed by atoms with Crippen LogP contribution in [0.4, 0.5) is 8.78 Å². The van der Waals surface area contributed by atoms with E-state index in [0.29, 0.717) is 25.7 Å². The van der Waals surface area contributed by atoms with Crippen LogP contribution >= 0.6 is 0 Å². The Balaban J connectivity index is 1.66. The van der Waals surface area contributed by atoms with Crippen molar-refractivity contribution in [3.8, 4) is 0 Å². The molecule has 4 aliphatic rings. The zero-order valence-corrected chi connectivity index (χ0v) is 16.6. The lowest BCUT2D eigenvalue weighted by molar-refractivity contribution is -0.337. The molecule has 3 atom stereocenters. The average molecular weight is 421 g/mol. The van der Waals surface area contributed by atoms with Crippen LogP contribution in [-0.2, 0) is 23.9 Å². The molecule has 1 aromatic rings. The van der Waals surface area contributed by atoms with Crippen LogP contribution in [0, 0.1) is 22.7 Å². The van der Waals surface area contributed by atoms with Crippen molar-refractivity contribution in [2.75, 3.05) is 7.11 Å². The van der Waals surface area contributed by atoms with Gasteiger partial charge in [-0.1, -0.05) is 30.3 Å². The summed E-state index contributed by atoms with van der Waals surface area (Å²) in [6, 6.07) is 7.06. The summed E-state index contributed by atoms with van der Waals surface area (Å²) in [5.41, 5.74) is -2.03. The number of aliphatic carboxylic acids is 1. The predicted molar refractivity (Wildman–Crippen MR) is 96.8 cm³/mol. The van der Waals surface area contributed by atoms with Crippen molar-refractivity contribution >= 4 is 17.9 Å². The molecule has 0 aromatic heterocycles. The Hall–Kier alpha value is -2.51. The van der Waals surface area contributed by atoms with E-state index in [0.717, 1.165) is 6.42 Å². The van der Waals surface area contributed by atoms with Crippen molar-refractivity contribution in [2.45, 2.75) is 50.6 Å². The third kappa shape index (κ3) is 3.17. The van der Waals surface area contributed by atoms with E-state index in [9.17, 15) is 28.3 Å². The Kier molecular flexibility index (Phi) is 4.86. The summed E-state index contributed by atoms with van der Waals surface area (Å²) in [5, 5.41) is 11.1. The fourth-order valence-electron chi connectivity index (χ4n) is 6.27. The van der Waals surface area contributed by atoms with Crippen molar-refractivity contribution in [2.24, 2.45) is 22.7 Å². The molecule has 3 unspecified atom stereocenters. The number of alkyl halides is 2. The minimum Gasteiger partial charge on any atom is -0.544 e. The number of carboxylic acids is 1. The fourth-order valence-corrected chi connectivity index (χ4v) is 6.27. The maximum Gasteiger partial charge on any atom is 0.327 e. The summed E-state index contributed by atoms with van der Waals surface area (Å²) in [7, 11) is 1.30. The number of carbonyl (C=O) groups excluding carboxylic acids is 3. The van der Waals surface area contributed by atoms with E-state index in [-0.39, 0.29) is 29.8 Å². The molecule has 6 nitrogen and oxygen atoms in total. The zero-order chi connectivity index (χ0) is 21.7. The molecule has 5 rings (SSSR count). The SMILES string of the molecule is COC(=O)C12CC3CC(C1)CC(C(=O)OC(c1ccccc1)C(F)(F)C(=O)[O-])(C3)C2. The summed E-state index contributed by atoms with van der Waals surface area (Å²) in [6.07, 6.45) is 0.865. The summed E-state index contributed by atoms with van der Waals surface area (Å²) in [6.45, 7) is 0. The van der Waals surface area contributed by atoms with Crippen molar-refractivity contribution in [1.82, 2.24) is 0 Å². The highest BCUT2D eigenvalue weighted by Gasteiger charge is 2.65. The van der Waals surface area contributed by atoms with Gasteiger partial charge in [0.25, 0.3) is 0 Å². The van der Waals surface area contributed by atoms with E-state index in [4.69, 9.17) is 9.47 Å². The second-order valence-electron chi connectivity index (χ2n) is 9.12. The molecule has 0 saturated heterocycles. The highest BCUT2D eigenvalue weighted by molar-refractivity contribution is 5.83. The lowest BCUT2D eigenvalue weighted by atomic mass is 9.44. The monoisotopic (exact) mass is 421 g/mol. The highest BCUT2D eigenvalue weighted by atomic mass is 19.3. The molecule has 162 valence electrons. The number of hydrogen-bond acceptors (Lipinski definition) is 6. The first kappa shape index (κ1) is 20.8. The van der Waals surface area contributed by atoms with Gasteiger partial charge in [-0.3, -0.25) is 9.59 Å². The van der Waals surface area contributed by atoms with Gasteiger partial charge in [0.2, 0.25) is 0 Å². The summed E-state index contributed by atoms with van der Waals surface area (Å²) < 4.78 is 39.2. The van der Waals surface area contributed by atoms with Crippen LogP contribution in [0.5, 0.6) is 0 Å². The van der Waals surface area contributed by atoms with Gasteiger partial charge in [0.1, 0.15) is 5.97 Å². The Morgan fingerprint density at radius 1 is 1.03 bits per heavy atom. The van der Waals surface area contributed by atoms with Gasteiger partial charge in [0, 0.05) is 0 Å². The minimum absolute atomic E-state index is 0.106. The van der Waals surface area contributed by atoms with Crippen molar-refractivity contribution in [3.05, 3.63) is 35.9 Å². The fraction of sp³-hybridized carbons (Fsp3) is 0.591. The molecule has 0 amide bonds. The van der Waals surface area contributed by atoms with Crippen LogP contribution in [0.2, 0.25) is 0 Å². The number of ether oxygens (including phenoxy) is 2. The van der Waals surface area contributed by atoms with E-state index in [1.807, 2.05) is 0 Å². The second kappa shape index (κ2) is 7.03.